The first-order chi connectivity index (χ1) is 16.1. The normalized spacial score (nSPS) is 16.3. The molecular formula is C24H33ClN6O2S. The van der Waals surface area contributed by atoms with Gasteiger partial charge in [0.25, 0.3) is 0 Å². The number of piperazine rings is 1. The first-order valence-corrected chi connectivity index (χ1v) is 12.8. The van der Waals surface area contributed by atoms with Gasteiger partial charge in [0.15, 0.2) is 5.16 Å². The third-order valence-corrected chi connectivity index (χ3v) is 6.31. The van der Waals surface area contributed by atoms with E-state index in [1.807, 2.05) is 62.9 Å². The second-order valence-corrected chi connectivity index (χ2v) is 10.7. The van der Waals surface area contributed by atoms with Gasteiger partial charge in [-0.2, -0.15) is 0 Å². The van der Waals surface area contributed by atoms with Gasteiger partial charge in [-0.1, -0.05) is 53.7 Å². The van der Waals surface area contributed by atoms with E-state index in [2.05, 4.69) is 25.5 Å². The van der Waals surface area contributed by atoms with E-state index in [0.717, 1.165) is 6.42 Å². The second kappa shape index (κ2) is 11.8. The average Bonchev–Trinajstić information content (AvgIpc) is 2.77. The van der Waals surface area contributed by atoms with Gasteiger partial charge in [-0.15, -0.1) is 0 Å². The summed E-state index contributed by atoms with van der Waals surface area (Å²) in [5.41, 5.74) is 0.900. The quantitative estimate of drug-likeness (QED) is 0.340. The molecule has 1 atom stereocenters. The van der Waals surface area contributed by atoms with Crippen molar-refractivity contribution in [2.75, 3.05) is 36.8 Å². The molecular weight excluding hydrogens is 472 g/mol. The van der Waals surface area contributed by atoms with Gasteiger partial charge < -0.3 is 20.4 Å². The summed E-state index contributed by atoms with van der Waals surface area (Å²) >= 11 is 7.52. The summed E-state index contributed by atoms with van der Waals surface area (Å²) in [5, 5.41) is 6.74. The number of hydrogen-bond donors (Lipinski definition) is 2. The van der Waals surface area contributed by atoms with Gasteiger partial charge in [-0.05, 0) is 39.7 Å². The molecule has 1 aromatic heterocycles. The lowest BCUT2D eigenvalue weighted by Gasteiger charge is -2.41. The molecule has 2 N–H and O–H groups in total. The lowest BCUT2D eigenvalue weighted by Crippen LogP contribution is -2.59. The molecule has 2 heterocycles. The summed E-state index contributed by atoms with van der Waals surface area (Å²) in [4.78, 5) is 37.7. The van der Waals surface area contributed by atoms with Crippen molar-refractivity contribution in [1.29, 1.82) is 0 Å². The Bertz CT molecular complexity index is 985. The summed E-state index contributed by atoms with van der Waals surface area (Å²) in [7, 11) is 0. The molecule has 184 valence electrons. The van der Waals surface area contributed by atoms with E-state index in [1.165, 1.54) is 17.3 Å². The predicted molar refractivity (Wildman–Crippen MR) is 138 cm³/mol. The first-order valence-electron chi connectivity index (χ1n) is 11.4. The molecule has 0 radical (unpaired) electrons. The van der Waals surface area contributed by atoms with Crippen LogP contribution in [0.4, 0.5) is 10.6 Å². The standard InChI is InChI=1S/C24H33ClN6O2S/c1-17-15-30(12-13-31(17)23(33)29-24(2,3)4)20-14-19(25)27-22(28-20)34-16-21(32)26-11-10-18-8-6-5-7-9-18/h5-9,14,17H,10-13,15-16H2,1-4H3,(H,26,32)(H,29,33). The Labute approximate surface area is 210 Å². The number of nitrogens with one attached hydrogen (secondary N) is 2. The molecule has 8 nitrogen and oxygen atoms in total. The zero-order valence-electron chi connectivity index (χ0n) is 20.2. The zero-order valence-corrected chi connectivity index (χ0v) is 21.7. The molecule has 3 rings (SSSR count). The molecule has 1 aliphatic rings. The number of thioether (sulfide) groups is 1. The van der Waals surface area contributed by atoms with Crippen molar-refractivity contribution in [1.82, 2.24) is 25.5 Å². The third kappa shape index (κ3) is 8.06. The van der Waals surface area contributed by atoms with Crippen LogP contribution in [0.15, 0.2) is 41.6 Å². The van der Waals surface area contributed by atoms with E-state index in [-0.39, 0.29) is 29.3 Å². The van der Waals surface area contributed by atoms with Crippen LogP contribution in [0.5, 0.6) is 0 Å². The van der Waals surface area contributed by atoms with Gasteiger partial charge in [-0.25, -0.2) is 14.8 Å². The van der Waals surface area contributed by atoms with Crippen molar-refractivity contribution < 1.29 is 9.59 Å². The highest BCUT2D eigenvalue weighted by molar-refractivity contribution is 7.99. The van der Waals surface area contributed by atoms with E-state index in [1.54, 1.807) is 6.07 Å². The van der Waals surface area contributed by atoms with Gasteiger partial charge >= 0.3 is 6.03 Å². The maximum absolute atomic E-state index is 12.6. The van der Waals surface area contributed by atoms with E-state index in [4.69, 9.17) is 11.6 Å². The highest BCUT2D eigenvalue weighted by atomic mass is 35.5. The first kappa shape index (κ1) is 26.1. The summed E-state index contributed by atoms with van der Waals surface area (Å²) in [5.74, 6) is 0.846. The molecule has 1 saturated heterocycles. The number of amides is 3. The van der Waals surface area contributed by atoms with Gasteiger partial charge in [0.1, 0.15) is 11.0 Å². The predicted octanol–water partition coefficient (Wildman–Crippen LogP) is 3.60. The highest BCUT2D eigenvalue weighted by Crippen LogP contribution is 2.24. The molecule has 1 fully saturated rings. The molecule has 34 heavy (non-hydrogen) atoms. The van der Waals surface area contributed by atoms with Crippen LogP contribution in [0.2, 0.25) is 5.15 Å². The topological polar surface area (TPSA) is 90.5 Å². The molecule has 1 unspecified atom stereocenters. The lowest BCUT2D eigenvalue weighted by atomic mass is 10.1. The number of urea groups is 1. The number of anilines is 1. The Balaban J connectivity index is 1.51. The van der Waals surface area contributed by atoms with E-state index in [9.17, 15) is 9.59 Å². The van der Waals surface area contributed by atoms with Gasteiger partial charge in [0.2, 0.25) is 5.91 Å². The Morgan fingerprint density at radius 2 is 1.91 bits per heavy atom. The van der Waals surface area contributed by atoms with Gasteiger partial charge in [0, 0.05) is 43.8 Å². The van der Waals surface area contributed by atoms with E-state index >= 15 is 0 Å². The van der Waals surface area contributed by atoms with Crippen LogP contribution in [0.25, 0.3) is 0 Å². The molecule has 0 spiro atoms. The van der Waals surface area contributed by atoms with Crippen LogP contribution in [0.1, 0.15) is 33.3 Å². The number of carbonyl (C=O) groups excluding carboxylic acids is 2. The Morgan fingerprint density at radius 1 is 1.18 bits per heavy atom. The smallest absolute Gasteiger partial charge is 0.318 e. The van der Waals surface area contributed by atoms with E-state index in [0.29, 0.717) is 42.3 Å². The number of hydrogen-bond acceptors (Lipinski definition) is 6. The fourth-order valence-corrected chi connectivity index (χ4v) is 4.56. The van der Waals surface area contributed by atoms with Crippen molar-refractivity contribution in [3.05, 3.63) is 47.1 Å². The van der Waals surface area contributed by atoms with Crippen LogP contribution < -0.4 is 15.5 Å². The average molecular weight is 505 g/mol. The van der Waals surface area contributed by atoms with Crippen LogP contribution in [-0.4, -0.2) is 70.3 Å². The molecule has 1 aliphatic heterocycles. The molecule has 10 heteroatoms. The fraction of sp³-hybridized carbons (Fsp3) is 0.500. The highest BCUT2D eigenvalue weighted by Gasteiger charge is 2.30. The number of halogens is 1. The van der Waals surface area contributed by atoms with Crippen molar-refractivity contribution in [3.8, 4) is 0 Å². The lowest BCUT2D eigenvalue weighted by molar-refractivity contribution is -0.118. The van der Waals surface area contributed by atoms with Crippen molar-refractivity contribution in [2.24, 2.45) is 0 Å². The minimum Gasteiger partial charge on any atom is -0.355 e. The minimum absolute atomic E-state index is 0.0105. The third-order valence-electron chi connectivity index (χ3n) is 5.27. The number of rotatable bonds is 7. The summed E-state index contributed by atoms with van der Waals surface area (Å²) in [6, 6.07) is 11.7. The van der Waals surface area contributed by atoms with Crippen molar-refractivity contribution in [3.63, 3.8) is 0 Å². The SMILES string of the molecule is CC1CN(c2cc(Cl)nc(SCC(=O)NCCc3ccccc3)n2)CCN1C(=O)NC(C)(C)C. The number of carbonyl (C=O) groups is 2. The minimum atomic E-state index is -0.284. The number of nitrogens with zero attached hydrogens (tertiary/aromatic N) is 4. The van der Waals surface area contributed by atoms with Crippen molar-refractivity contribution in [2.45, 2.75) is 50.9 Å². The molecule has 2 aromatic rings. The van der Waals surface area contributed by atoms with Gasteiger partial charge in [0.05, 0.1) is 5.75 Å². The van der Waals surface area contributed by atoms with Crippen molar-refractivity contribution >= 4 is 41.1 Å². The molecule has 1 aromatic carbocycles. The van der Waals surface area contributed by atoms with E-state index < -0.39 is 0 Å². The van der Waals surface area contributed by atoms with Gasteiger partial charge in [-0.3, -0.25) is 4.79 Å². The summed E-state index contributed by atoms with van der Waals surface area (Å²) < 4.78 is 0. The molecule has 0 aliphatic carbocycles. The summed E-state index contributed by atoms with van der Waals surface area (Å²) in [6.45, 7) is 10.4. The second-order valence-electron chi connectivity index (χ2n) is 9.37. The van der Waals surface area contributed by atoms with Crippen LogP contribution in [0, 0.1) is 0 Å². The Hall–Kier alpha value is -2.52. The maximum Gasteiger partial charge on any atom is 0.318 e. The number of aromatic nitrogens is 2. The summed E-state index contributed by atoms with van der Waals surface area (Å²) in [6.07, 6.45) is 0.785. The van der Waals surface area contributed by atoms with Crippen LogP contribution in [0.3, 0.4) is 0 Å². The molecule has 0 saturated carbocycles. The fourth-order valence-electron chi connectivity index (χ4n) is 3.64. The molecule has 3 amide bonds. The maximum atomic E-state index is 12.6. The largest absolute Gasteiger partial charge is 0.355 e. The van der Waals surface area contributed by atoms with Crippen LogP contribution >= 0.6 is 23.4 Å². The monoisotopic (exact) mass is 504 g/mol. The number of benzene rings is 1. The molecule has 0 bridgehead atoms. The Kier molecular flexibility index (Phi) is 9.02. The van der Waals surface area contributed by atoms with Crippen LogP contribution in [-0.2, 0) is 11.2 Å². The Morgan fingerprint density at radius 3 is 2.59 bits per heavy atom. The zero-order chi connectivity index (χ0) is 24.7.